The largest absolute Gasteiger partial charge is 0.314 e. The molecule has 2 aromatic heterocycles. The summed E-state index contributed by atoms with van der Waals surface area (Å²) in [5.41, 5.74) is 2.41. The van der Waals surface area contributed by atoms with Crippen molar-refractivity contribution in [2.45, 2.75) is 0 Å². The van der Waals surface area contributed by atoms with E-state index in [2.05, 4.69) is 0 Å². The van der Waals surface area contributed by atoms with Crippen LogP contribution >= 0.6 is 0 Å². The lowest BCUT2D eigenvalue weighted by Gasteiger charge is -2.01. The van der Waals surface area contributed by atoms with E-state index >= 15 is 0 Å². The number of benzene rings is 1. The van der Waals surface area contributed by atoms with E-state index in [-0.39, 0.29) is 5.82 Å². The zero-order chi connectivity index (χ0) is 12.5. The van der Waals surface area contributed by atoms with Gasteiger partial charge in [-0.05, 0) is 24.3 Å². The summed E-state index contributed by atoms with van der Waals surface area (Å²) in [4.78, 5) is 11.2. The van der Waals surface area contributed by atoms with Crippen molar-refractivity contribution in [1.29, 1.82) is 0 Å². The summed E-state index contributed by atoms with van der Waals surface area (Å²) in [5.74, 6) is -0.323. The molecule has 0 radical (unpaired) electrons. The van der Waals surface area contributed by atoms with E-state index in [9.17, 15) is 9.18 Å². The van der Waals surface area contributed by atoms with Gasteiger partial charge in [0.25, 0.3) is 0 Å². The highest BCUT2D eigenvalue weighted by molar-refractivity contribution is 5.89. The van der Waals surface area contributed by atoms with Crippen molar-refractivity contribution in [3.63, 3.8) is 0 Å². The smallest absolute Gasteiger partial charge is 0.167 e. The average Bonchev–Trinajstić information content (AvgIpc) is 2.77. The Balaban J connectivity index is 2.36. The summed E-state index contributed by atoms with van der Waals surface area (Å²) in [6, 6.07) is 13.9. The van der Waals surface area contributed by atoms with Crippen LogP contribution in [0.25, 0.3) is 16.6 Å². The van der Waals surface area contributed by atoms with Crippen LogP contribution in [-0.4, -0.2) is 10.7 Å². The molecule has 2 heterocycles. The second kappa shape index (κ2) is 4.11. The first kappa shape index (κ1) is 10.7. The Kier molecular flexibility index (Phi) is 2.45. The fraction of sp³-hybridized carbons (Fsp3) is 0. The third-order valence-corrected chi connectivity index (χ3v) is 2.99. The number of fused-ring (bicyclic) bond motifs is 1. The molecule has 2 nitrogen and oxygen atoms in total. The molecule has 18 heavy (non-hydrogen) atoms. The molecule has 88 valence electrons. The normalized spacial score (nSPS) is 10.7. The van der Waals surface area contributed by atoms with Gasteiger partial charge in [-0.1, -0.05) is 24.3 Å². The molecule has 0 unspecified atom stereocenters. The molecule has 3 heteroatoms. The molecule has 0 N–H and O–H groups in total. The van der Waals surface area contributed by atoms with Crippen molar-refractivity contribution < 1.29 is 9.18 Å². The van der Waals surface area contributed by atoms with Crippen LogP contribution in [0.5, 0.6) is 0 Å². The monoisotopic (exact) mass is 239 g/mol. The van der Waals surface area contributed by atoms with Gasteiger partial charge in [0.05, 0.1) is 5.69 Å². The maximum Gasteiger partial charge on any atom is 0.167 e. The molecule has 0 aliphatic heterocycles. The summed E-state index contributed by atoms with van der Waals surface area (Å²) in [7, 11) is 0. The van der Waals surface area contributed by atoms with Crippen molar-refractivity contribution in [3.8, 4) is 11.1 Å². The molecule has 0 aliphatic rings. The molecular weight excluding hydrogens is 229 g/mol. The number of carbonyl (C=O) groups excluding carboxylic acids is 1. The van der Waals surface area contributed by atoms with Crippen molar-refractivity contribution in [2.24, 2.45) is 0 Å². The first-order valence-corrected chi connectivity index (χ1v) is 5.61. The Bertz CT molecular complexity index is 730. The van der Waals surface area contributed by atoms with Crippen LogP contribution in [0.1, 0.15) is 10.5 Å². The number of halogens is 1. The Morgan fingerprint density at radius 1 is 1.00 bits per heavy atom. The summed E-state index contributed by atoms with van der Waals surface area (Å²) in [5, 5.41) is 0. The van der Waals surface area contributed by atoms with E-state index in [0.717, 1.165) is 11.8 Å². The zero-order valence-electron chi connectivity index (χ0n) is 9.51. The predicted octanol–water partition coefficient (Wildman–Crippen LogP) is 3.56. The molecule has 0 aliphatic carbocycles. The second-order valence-electron chi connectivity index (χ2n) is 4.04. The van der Waals surface area contributed by atoms with Gasteiger partial charge in [-0.3, -0.25) is 4.79 Å². The van der Waals surface area contributed by atoms with Crippen LogP contribution in [0.3, 0.4) is 0 Å². The minimum atomic E-state index is -0.323. The first-order chi connectivity index (χ1) is 8.81. The first-order valence-electron chi connectivity index (χ1n) is 5.61. The van der Waals surface area contributed by atoms with E-state index in [1.165, 1.54) is 6.07 Å². The number of aldehydes is 1. The lowest BCUT2D eigenvalue weighted by Crippen LogP contribution is -1.92. The fourth-order valence-corrected chi connectivity index (χ4v) is 2.16. The Morgan fingerprint density at radius 3 is 2.56 bits per heavy atom. The number of aromatic nitrogens is 1. The molecule has 0 fully saturated rings. The quantitative estimate of drug-likeness (QED) is 0.626. The van der Waals surface area contributed by atoms with Crippen LogP contribution in [0.2, 0.25) is 0 Å². The molecule has 0 saturated heterocycles. The summed E-state index contributed by atoms with van der Waals surface area (Å²) in [6.45, 7) is 0. The minimum absolute atomic E-state index is 0.323. The van der Waals surface area contributed by atoms with E-state index in [4.69, 9.17) is 0 Å². The van der Waals surface area contributed by atoms with E-state index in [1.807, 2.05) is 24.3 Å². The Hall–Kier alpha value is -2.42. The number of carbonyl (C=O) groups is 1. The Morgan fingerprint density at radius 2 is 1.78 bits per heavy atom. The number of nitrogens with zero attached hydrogens (tertiary/aromatic N) is 1. The van der Waals surface area contributed by atoms with Gasteiger partial charge >= 0.3 is 0 Å². The van der Waals surface area contributed by atoms with Gasteiger partial charge in [0.2, 0.25) is 0 Å². The lowest BCUT2D eigenvalue weighted by atomic mass is 10.1. The zero-order valence-corrected chi connectivity index (χ0v) is 9.51. The Labute approximate surface area is 103 Å². The van der Waals surface area contributed by atoms with Gasteiger partial charge < -0.3 is 4.40 Å². The maximum atomic E-state index is 13.8. The van der Waals surface area contributed by atoms with Gasteiger partial charge in [-0.15, -0.1) is 0 Å². The fourth-order valence-electron chi connectivity index (χ4n) is 2.16. The van der Waals surface area contributed by atoms with Gasteiger partial charge in [-0.25, -0.2) is 4.39 Å². The highest BCUT2D eigenvalue weighted by atomic mass is 19.1. The standard InChI is InChI=1S/C15H10FNO/c16-14-7-2-1-6-12(14)13-9-11-5-3-4-8-17(11)15(13)10-18/h1-10H. The molecule has 3 rings (SSSR count). The van der Waals surface area contributed by atoms with Crippen LogP contribution in [0, 0.1) is 5.82 Å². The average molecular weight is 239 g/mol. The van der Waals surface area contributed by atoms with Crippen molar-refractivity contribution >= 4 is 11.8 Å². The molecule has 0 saturated carbocycles. The minimum Gasteiger partial charge on any atom is -0.314 e. The van der Waals surface area contributed by atoms with Gasteiger partial charge in [0.1, 0.15) is 5.82 Å². The molecule has 1 aromatic carbocycles. The third kappa shape index (κ3) is 1.52. The van der Waals surface area contributed by atoms with E-state index < -0.39 is 0 Å². The van der Waals surface area contributed by atoms with Crippen LogP contribution in [0.15, 0.2) is 54.7 Å². The number of pyridine rings is 1. The highest BCUT2D eigenvalue weighted by Crippen LogP contribution is 2.28. The van der Waals surface area contributed by atoms with Crippen LogP contribution in [0.4, 0.5) is 4.39 Å². The topological polar surface area (TPSA) is 21.5 Å². The molecule has 3 aromatic rings. The molecule has 0 bridgehead atoms. The van der Waals surface area contributed by atoms with Gasteiger partial charge in [0, 0.05) is 22.8 Å². The molecule has 0 atom stereocenters. The van der Waals surface area contributed by atoms with Crippen molar-refractivity contribution in [3.05, 3.63) is 66.2 Å². The maximum absolute atomic E-state index is 13.8. The highest BCUT2D eigenvalue weighted by Gasteiger charge is 2.13. The summed E-state index contributed by atoms with van der Waals surface area (Å²) >= 11 is 0. The van der Waals surface area contributed by atoms with Gasteiger partial charge in [-0.2, -0.15) is 0 Å². The molecular formula is C15H10FNO. The van der Waals surface area contributed by atoms with Crippen molar-refractivity contribution in [2.75, 3.05) is 0 Å². The predicted molar refractivity (Wildman–Crippen MR) is 68.2 cm³/mol. The van der Waals surface area contributed by atoms with E-state index in [0.29, 0.717) is 16.8 Å². The number of hydrogen-bond donors (Lipinski definition) is 0. The molecule has 0 spiro atoms. The number of hydrogen-bond acceptors (Lipinski definition) is 1. The van der Waals surface area contributed by atoms with Crippen LogP contribution < -0.4 is 0 Å². The number of rotatable bonds is 2. The van der Waals surface area contributed by atoms with Crippen molar-refractivity contribution in [1.82, 2.24) is 4.40 Å². The van der Waals surface area contributed by atoms with Crippen LogP contribution in [-0.2, 0) is 0 Å². The summed E-state index contributed by atoms with van der Waals surface area (Å²) in [6.07, 6.45) is 2.55. The lowest BCUT2D eigenvalue weighted by molar-refractivity contribution is 0.111. The SMILES string of the molecule is O=Cc1c(-c2ccccc2F)cc2ccccn12. The van der Waals surface area contributed by atoms with E-state index in [1.54, 1.807) is 28.8 Å². The van der Waals surface area contributed by atoms with Gasteiger partial charge in [0.15, 0.2) is 6.29 Å². The summed E-state index contributed by atoms with van der Waals surface area (Å²) < 4.78 is 15.6. The second-order valence-corrected chi connectivity index (χ2v) is 4.04. The third-order valence-electron chi connectivity index (χ3n) is 2.99. The molecule has 0 amide bonds.